The first kappa shape index (κ1) is 28.7. The van der Waals surface area contributed by atoms with E-state index in [4.69, 9.17) is 0 Å². The molecule has 7 nitrogen and oxygen atoms in total. The highest BCUT2D eigenvalue weighted by Gasteiger charge is 2.49. The molecule has 0 radical (unpaired) electrons. The molecule has 8 heteroatoms. The second-order valence-electron chi connectivity index (χ2n) is 13.3. The summed E-state index contributed by atoms with van der Waals surface area (Å²) in [6, 6.07) is 16.9. The summed E-state index contributed by atoms with van der Waals surface area (Å²) in [5.74, 6) is 0.136. The van der Waals surface area contributed by atoms with Crippen molar-refractivity contribution in [3.8, 4) is 0 Å². The van der Waals surface area contributed by atoms with Crippen LogP contribution >= 0.6 is 0 Å². The van der Waals surface area contributed by atoms with Crippen molar-refractivity contribution in [1.29, 1.82) is 0 Å². The van der Waals surface area contributed by atoms with Crippen LogP contribution in [0.1, 0.15) is 65.7 Å². The SMILES string of the molecule is C[C@@H](NC(=O)c1cncc(N2CCN(C(=O)C3CC3)CC2)c1)c1ccc(C(=C2CC3(C2)CN(C)C3)c2ccc(F)cc2)cc1. The average Bonchev–Trinajstić information content (AvgIpc) is 3.86. The third-order valence-corrected chi connectivity index (χ3v) is 9.79. The molecule has 1 N–H and O–H groups in total. The summed E-state index contributed by atoms with van der Waals surface area (Å²) in [7, 11) is 2.17. The molecule has 1 spiro atoms. The fourth-order valence-corrected chi connectivity index (χ4v) is 7.34. The first-order valence-corrected chi connectivity index (χ1v) is 15.8. The van der Waals surface area contributed by atoms with Gasteiger partial charge in [-0.05, 0) is 80.1 Å². The largest absolute Gasteiger partial charge is 0.367 e. The predicted octanol–water partition coefficient (Wildman–Crippen LogP) is 5.30. The maximum atomic E-state index is 13.8. The van der Waals surface area contributed by atoms with Gasteiger partial charge in [-0.1, -0.05) is 42.0 Å². The topological polar surface area (TPSA) is 68.8 Å². The number of rotatable bonds is 7. The van der Waals surface area contributed by atoms with Gasteiger partial charge in [-0.15, -0.1) is 0 Å². The minimum absolute atomic E-state index is 0.169. The molecule has 4 aliphatic rings. The third-order valence-electron chi connectivity index (χ3n) is 9.79. The summed E-state index contributed by atoms with van der Waals surface area (Å²) in [5.41, 5.74) is 7.64. The number of nitrogens with one attached hydrogen (secondary N) is 1. The van der Waals surface area contributed by atoms with E-state index in [0.29, 0.717) is 30.0 Å². The van der Waals surface area contributed by atoms with Crippen LogP contribution in [0.4, 0.5) is 10.1 Å². The molecule has 1 aromatic heterocycles. The number of likely N-dealkylation sites (tertiary alicyclic amines) is 1. The average molecular weight is 594 g/mol. The summed E-state index contributed by atoms with van der Waals surface area (Å²) in [4.78, 5) is 36.6. The quantitative estimate of drug-likeness (QED) is 0.403. The van der Waals surface area contributed by atoms with E-state index in [-0.39, 0.29) is 23.7 Å². The van der Waals surface area contributed by atoms with Crippen LogP contribution in [0.2, 0.25) is 0 Å². The van der Waals surface area contributed by atoms with Crippen molar-refractivity contribution in [2.24, 2.45) is 11.3 Å². The molecular formula is C36H40FN5O2. The zero-order chi connectivity index (χ0) is 30.4. The van der Waals surface area contributed by atoms with Crippen LogP contribution in [0.25, 0.3) is 5.57 Å². The van der Waals surface area contributed by atoms with Crippen LogP contribution in [-0.4, -0.2) is 72.9 Å². The molecule has 228 valence electrons. The molecule has 2 saturated carbocycles. The van der Waals surface area contributed by atoms with Gasteiger partial charge < -0.3 is 20.0 Å². The normalized spacial score (nSPS) is 20.1. The second kappa shape index (κ2) is 11.5. The van der Waals surface area contributed by atoms with Crippen LogP contribution in [0.15, 0.2) is 72.6 Å². The minimum Gasteiger partial charge on any atom is -0.367 e. The highest BCUT2D eigenvalue weighted by atomic mass is 19.1. The first-order valence-electron chi connectivity index (χ1n) is 15.8. The summed E-state index contributed by atoms with van der Waals surface area (Å²) >= 11 is 0. The van der Waals surface area contributed by atoms with Crippen molar-refractivity contribution in [1.82, 2.24) is 20.1 Å². The molecule has 2 saturated heterocycles. The van der Waals surface area contributed by atoms with Crippen LogP contribution in [-0.2, 0) is 4.79 Å². The Balaban J connectivity index is 1.01. The molecule has 4 fully saturated rings. The highest BCUT2D eigenvalue weighted by Crippen LogP contribution is 2.54. The Bertz CT molecular complexity index is 1570. The Morgan fingerprint density at radius 3 is 2.16 bits per heavy atom. The van der Waals surface area contributed by atoms with Crippen LogP contribution < -0.4 is 10.2 Å². The molecule has 0 unspecified atom stereocenters. The van der Waals surface area contributed by atoms with E-state index < -0.39 is 0 Å². The molecule has 3 aromatic rings. The van der Waals surface area contributed by atoms with Gasteiger partial charge in [-0.2, -0.15) is 0 Å². The molecule has 44 heavy (non-hydrogen) atoms. The zero-order valence-corrected chi connectivity index (χ0v) is 25.6. The number of piperazine rings is 1. The molecule has 2 aromatic carbocycles. The molecular weight excluding hydrogens is 553 g/mol. The summed E-state index contributed by atoms with van der Waals surface area (Å²) in [6.07, 6.45) is 7.61. The Morgan fingerprint density at radius 1 is 0.909 bits per heavy atom. The van der Waals surface area contributed by atoms with Gasteiger partial charge in [0.25, 0.3) is 5.91 Å². The van der Waals surface area contributed by atoms with Crippen molar-refractivity contribution < 1.29 is 14.0 Å². The van der Waals surface area contributed by atoms with Gasteiger partial charge in [-0.25, -0.2) is 4.39 Å². The zero-order valence-electron chi connectivity index (χ0n) is 25.6. The lowest BCUT2D eigenvalue weighted by Gasteiger charge is -2.56. The molecule has 2 amide bonds. The number of benzene rings is 2. The lowest BCUT2D eigenvalue weighted by Crippen LogP contribution is -2.58. The Morgan fingerprint density at radius 2 is 1.55 bits per heavy atom. The van der Waals surface area contributed by atoms with Gasteiger partial charge >= 0.3 is 0 Å². The van der Waals surface area contributed by atoms with Crippen molar-refractivity contribution in [3.63, 3.8) is 0 Å². The lowest BCUT2D eigenvalue weighted by molar-refractivity contribution is -0.132. The van der Waals surface area contributed by atoms with Gasteiger partial charge in [0.05, 0.1) is 23.5 Å². The van der Waals surface area contributed by atoms with Crippen molar-refractivity contribution in [2.45, 2.75) is 38.6 Å². The summed E-state index contributed by atoms with van der Waals surface area (Å²) < 4.78 is 13.8. The third kappa shape index (κ3) is 5.75. The number of aromatic nitrogens is 1. The monoisotopic (exact) mass is 593 g/mol. The maximum absolute atomic E-state index is 13.8. The van der Waals surface area contributed by atoms with E-state index >= 15 is 0 Å². The number of carbonyl (C=O) groups excluding carboxylic acids is 2. The number of nitrogens with zero attached hydrogens (tertiary/aromatic N) is 4. The van der Waals surface area contributed by atoms with E-state index in [1.54, 1.807) is 12.4 Å². The Kier molecular flexibility index (Phi) is 7.49. The van der Waals surface area contributed by atoms with Crippen molar-refractivity contribution >= 4 is 23.1 Å². The standard InChI is InChI=1S/C36H40FN5O2/c1-24(39-34(43)29-17-32(21-38-20-29)41-13-15-42(16-14-41)35(44)28-7-8-28)25-3-5-26(6-4-25)33(27-9-11-31(37)12-10-27)30-18-36(19-30)22-40(2)23-36/h3-6,9-12,17,20-21,24,28H,7-8,13-16,18-19,22-23H2,1-2H3,(H,39,43)/t24-/m1/s1. The van der Waals surface area contributed by atoms with Gasteiger partial charge in [0.1, 0.15) is 5.82 Å². The van der Waals surface area contributed by atoms with E-state index in [1.807, 2.05) is 30.0 Å². The van der Waals surface area contributed by atoms with Crippen LogP contribution in [0.5, 0.6) is 0 Å². The summed E-state index contributed by atoms with van der Waals surface area (Å²) in [6.45, 7) is 7.15. The Hall–Kier alpha value is -4.04. The minimum atomic E-state index is -0.229. The fraction of sp³-hybridized carbons (Fsp3) is 0.417. The second-order valence-corrected chi connectivity index (χ2v) is 13.3. The van der Waals surface area contributed by atoms with E-state index in [9.17, 15) is 14.0 Å². The lowest BCUT2D eigenvalue weighted by atomic mass is 9.59. The van der Waals surface area contributed by atoms with E-state index in [0.717, 1.165) is 74.2 Å². The number of pyridine rings is 1. The molecule has 2 aliphatic heterocycles. The highest BCUT2D eigenvalue weighted by molar-refractivity contribution is 5.95. The van der Waals surface area contributed by atoms with Gasteiger partial charge in [0.2, 0.25) is 5.91 Å². The fourth-order valence-electron chi connectivity index (χ4n) is 7.34. The number of allylic oxidation sites excluding steroid dienone is 1. The van der Waals surface area contributed by atoms with Gasteiger partial charge in [-0.3, -0.25) is 14.6 Å². The molecule has 0 bridgehead atoms. The number of halogens is 1. The number of amides is 2. The maximum Gasteiger partial charge on any atom is 0.253 e. The Labute approximate surface area is 258 Å². The van der Waals surface area contributed by atoms with E-state index in [1.165, 1.54) is 23.3 Å². The van der Waals surface area contributed by atoms with Crippen molar-refractivity contribution in [2.75, 3.05) is 51.2 Å². The first-order chi connectivity index (χ1) is 21.3. The van der Waals surface area contributed by atoms with Crippen LogP contribution in [0.3, 0.4) is 0 Å². The summed E-state index contributed by atoms with van der Waals surface area (Å²) in [5, 5.41) is 3.14. The number of carbonyl (C=O) groups is 2. The number of hydrogen-bond acceptors (Lipinski definition) is 5. The smallest absolute Gasteiger partial charge is 0.253 e. The predicted molar refractivity (Wildman–Crippen MR) is 170 cm³/mol. The van der Waals surface area contributed by atoms with Gasteiger partial charge in [0, 0.05) is 56.8 Å². The number of anilines is 1. The molecule has 2 aliphatic carbocycles. The van der Waals surface area contributed by atoms with Gasteiger partial charge in [0.15, 0.2) is 0 Å². The van der Waals surface area contributed by atoms with Crippen LogP contribution in [0, 0.1) is 17.2 Å². The van der Waals surface area contributed by atoms with E-state index in [2.05, 4.69) is 51.4 Å². The molecule has 7 rings (SSSR count). The van der Waals surface area contributed by atoms with Crippen molar-refractivity contribution in [3.05, 3.63) is 101 Å². The molecule has 1 atom stereocenters. The number of hydrogen-bond donors (Lipinski definition) is 1. The molecule has 3 heterocycles.